The van der Waals surface area contributed by atoms with Crippen molar-refractivity contribution in [2.45, 2.75) is 27.2 Å². The van der Waals surface area contributed by atoms with Crippen molar-refractivity contribution >= 4 is 23.2 Å². The van der Waals surface area contributed by atoms with Crippen LogP contribution in [0.1, 0.15) is 31.5 Å². The zero-order valence-electron chi connectivity index (χ0n) is 13.9. The quantitative estimate of drug-likeness (QED) is 0.751. The van der Waals surface area contributed by atoms with Gasteiger partial charge in [-0.25, -0.2) is 9.78 Å². The number of carbonyl (C=O) groups excluding carboxylic acids is 1. The molecule has 0 saturated carbocycles. The molecule has 0 unspecified atom stereocenters. The standard InChI is InChI=1S/C17H20N2O4S/c1-10-5-4-6-13(11(10)2)23-8-7-18-14(20)9-15-19-12(3)16(24-15)17(21)22/h4-6H,7-9H2,1-3H3,(H,18,20)(H,21,22). The second kappa shape index (κ2) is 7.92. The van der Waals surface area contributed by atoms with Crippen LogP contribution in [-0.4, -0.2) is 35.1 Å². The lowest BCUT2D eigenvalue weighted by atomic mass is 10.1. The Bertz CT molecular complexity index is 755. The molecular formula is C17H20N2O4S. The van der Waals surface area contributed by atoms with Gasteiger partial charge in [0.25, 0.3) is 0 Å². The molecule has 1 aromatic carbocycles. The molecule has 0 bridgehead atoms. The summed E-state index contributed by atoms with van der Waals surface area (Å²) in [7, 11) is 0. The highest BCUT2D eigenvalue weighted by Crippen LogP contribution is 2.20. The molecule has 6 nitrogen and oxygen atoms in total. The first-order valence-corrected chi connectivity index (χ1v) is 8.35. The number of aromatic carboxylic acids is 1. The molecule has 0 spiro atoms. The van der Waals surface area contributed by atoms with E-state index in [2.05, 4.69) is 10.3 Å². The number of amides is 1. The molecule has 2 rings (SSSR count). The highest BCUT2D eigenvalue weighted by Gasteiger charge is 2.15. The van der Waals surface area contributed by atoms with Crippen molar-refractivity contribution in [2.24, 2.45) is 0 Å². The molecule has 0 aliphatic rings. The number of carbonyl (C=O) groups is 2. The number of carboxylic acids is 1. The number of ether oxygens (including phenoxy) is 1. The maximum atomic E-state index is 11.9. The summed E-state index contributed by atoms with van der Waals surface area (Å²) in [5, 5.41) is 12.2. The van der Waals surface area contributed by atoms with Crippen LogP contribution >= 0.6 is 11.3 Å². The number of benzene rings is 1. The van der Waals surface area contributed by atoms with Gasteiger partial charge in [-0.3, -0.25) is 4.79 Å². The number of aryl methyl sites for hydroxylation is 2. The summed E-state index contributed by atoms with van der Waals surface area (Å²) in [6.45, 7) is 6.38. The Labute approximate surface area is 144 Å². The Morgan fingerprint density at radius 3 is 2.71 bits per heavy atom. The predicted octanol–water partition coefficient (Wildman–Crippen LogP) is 2.50. The van der Waals surface area contributed by atoms with Gasteiger partial charge in [-0.15, -0.1) is 11.3 Å². The second-order valence-electron chi connectivity index (χ2n) is 5.40. The van der Waals surface area contributed by atoms with E-state index >= 15 is 0 Å². The van der Waals surface area contributed by atoms with E-state index in [0.717, 1.165) is 28.2 Å². The highest BCUT2D eigenvalue weighted by molar-refractivity contribution is 7.13. The van der Waals surface area contributed by atoms with Gasteiger partial charge in [0.05, 0.1) is 18.7 Å². The van der Waals surface area contributed by atoms with Crippen LogP contribution < -0.4 is 10.1 Å². The molecule has 0 fully saturated rings. The summed E-state index contributed by atoms with van der Waals surface area (Å²) >= 11 is 1.03. The molecule has 1 heterocycles. The summed E-state index contributed by atoms with van der Waals surface area (Å²) in [6, 6.07) is 5.85. The molecule has 0 aliphatic heterocycles. The van der Waals surface area contributed by atoms with E-state index < -0.39 is 5.97 Å². The Balaban J connectivity index is 1.78. The second-order valence-corrected chi connectivity index (χ2v) is 6.48. The van der Waals surface area contributed by atoms with Gasteiger partial charge in [-0.05, 0) is 38.0 Å². The number of rotatable bonds is 7. The van der Waals surface area contributed by atoms with Gasteiger partial charge in [0.15, 0.2) is 0 Å². The van der Waals surface area contributed by atoms with E-state index in [1.807, 2.05) is 32.0 Å². The van der Waals surface area contributed by atoms with Crippen LogP contribution in [-0.2, 0) is 11.2 Å². The molecule has 2 aromatic rings. The third-order valence-corrected chi connectivity index (χ3v) is 4.73. The highest BCUT2D eigenvalue weighted by atomic mass is 32.1. The van der Waals surface area contributed by atoms with Crippen molar-refractivity contribution in [3.8, 4) is 5.75 Å². The van der Waals surface area contributed by atoms with Crippen LogP contribution in [0.3, 0.4) is 0 Å². The maximum Gasteiger partial charge on any atom is 0.347 e. The molecule has 24 heavy (non-hydrogen) atoms. The third kappa shape index (κ3) is 4.55. The minimum Gasteiger partial charge on any atom is -0.491 e. The van der Waals surface area contributed by atoms with Gasteiger partial charge in [0.2, 0.25) is 5.91 Å². The topological polar surface area (TPSA) is 88.5 Å². The van der Waals surface area contributed by atoms with Gasteiger partial charge >= 0.3 is 5.97 Å². The first-order chi connectivity index (χ1) is 11.4. The number of aromatic nitrogens is 1. The summed E-state index contributed by atoms with van der Waals surface area (Å²) in [4.78, 5) is 27.2. The fourth-order valence-corrected chi connectivity index (χ4v) is 3.06. The summed E-state index contributed by atoms with van der Waals surface area (Å²) in [5.74, 6) is -0.408. The monoisotopic (exact) mass is 348 g/mol. The smallest absolute Gasteiger partial charge is 0.347 e. The average molecular weight is 348 g/mol. The van der Waals surface area contributed by atoms with E-state index in [1.54, 1.807) is 6.92 Å². The van der Waals surface area contributed by atoms with Crippen molar-refractivity contribution in [3.63, 3.8) is 0 Å². The zero-order valence-corrected chi connectivity index (χ0v) is 14.7. The minimum absolute atomic E-state index is 0.0717. The number of nitrogens with one attached hydrogen (secondary N) is 1. The summed E-state index contributed by atoms with van der Waals surface area (Å²) in [5.41, 5.74) is 2.68. The van der Waals surface area contributed by atoms with E-state index in [0.29, 0.717) is 23.9 Å². The van der Waals surface area contributed by atoms with Crippen LogP contribution in [0.2, 0.25) is 0 Å². The molecule has 7 heteroatoms. The van der Waals surface area contributed by atoms with Crippen LogP contribution in [0, 0.1) is 20.8 Å². The molecule has 0 radical (unpaired) electrons. The van der Waals surface area contributed by atoms with E-state index in [1.165, 1.54) is 0 Å². The average Bonchev–Trinajstić information content (AvgIpc) is 2.88. The van der Waals surface area contributed by atoms with Crippen LogP contribution in [0.4, 0.5) is 0 Å². The Hall–Kier alpha value is -2.41. The summed E-state index contributed by atoms with van der Waals surface area (Å²) in [6.07, 6.45) is 0.0717. The van der Waals surface area contributed by atoms with Crippen LogP contribution in [0.15, 0.2) is 18.2 Å². The first kappa shape index (κ1) is 17.9. The number of hydrogen-bond acceptors (Lipinski definition) is 5. The van der Waals surface area contributed by atoms with Crippen LogP contribution in [0.25, 0.3) is 0 Å². The first-order valence-electron chi connectivity index (χ1n) is 7.53. The van der Waals surface area contributed by atoms with Crippen molar-refractivity contribution in [1.29, 1.82) is 0 Å². The molecule has 128 valence electrons. The largest absolute Gasteiger partial charge is 0.491 e. The number of thiazole rings is 1. The van der Waals surface area contributed by atoms with E-state index in [4.69, 9.17) is 9.84 Å². The molecule has 2 N–H and O–H groups in total. The Kier molecular flexibility index (Phi) is 5.92. The lowest BCUT2D eigenvalue weighted by Crippen LogP contribution is -2.29. The van der Waals surface area contributed by atoms with Crippen molar-refractivity contribution in [3.05, 3.63) is 44.9 Å². The van der Waals surface area contributed by atoms with E-state index in [-0.39, 0.29) is 17.2 Å². The van der Waals surface area contributed by atoms with Gasteiger partial charge in [-0.2, -0.15) is 0 Å². The fraction of sp³-hybridized carbons (Fsp3) is 0.353. The SMILES string of the molecule is Cc1cccc(OCCNC(=O)Cc2nc(C)c(C(=O)O)s2)c1C. The Morgan fingerprint density at radius 1 is 1.29 bits per heavy atom. The van der Waals surface area contributed by atoms with Gasteiger partial charge in [0, 0.05) is 0 Å². The summed E-state index contributed by atoms with van der Waals surface area (Å²) < 4.78 is 5.67. The molecule has 1 aromatic heterocycles. The van der Waals surface area contributed by atoms with Crippen molar-refractivity contribution < 1.29 is 19.4 Å². The number of hydrogen-bond donors (Lipinski definition) is 2. The zero-order chi connectivity index (χ0) is 17.7. The van der Waals surface area contributed by atoms with Gasteiger partial charge in [0.1, 0.15) is 22.2 Å². The Morgan fingerprint density at radius 2 is 2.04 bits per heavy atom. The molecule has 1 amide bonds. The molecular weight excluding hydrogens is 328 g/mol. The number of carboxylic acid groups (broad SMARTS) is 1. The molecule has 0 aliphatic carbocycles. The van der Waals surface area contributed by atoms with Gasteiger partial charge in [-0.1, -0.05) is 12.1 Å². The van der Waals surface area contributed by atoms with E-state index in [9.17, 15) is 9.59 Å². The lowest BCUT2D eigenvalue weighted by Gasteiger charge is -2.11. The van der Waals surface area contributed by atoms with Crippen LogP contribution in [0.5, 0.6) is 5.75 Å². The molecule has 0 atom stereocenters. The van der Waals surface area contributed by atoms with Gasteiger partial charge < -0.3 is 15.2 Å². The minimum atomic E-state index is -1.02. The normalized spacial score (nSPS) is 10.5. The van der Waals surface area contributed by atoms with Crippen molar-refractivity contribution in [1.82, 2.24) is 10.3 Å². The maximum absolute atomic E-state index is 11.9. The van der Waals surface area contributed by atoms with Crippen molar-refractivity contribution in [2.75, 3.05) is 13.2 Å². The lowest BCUT2D eigenvalue weighted by molar-refractivity contribution is -0.120. The third-order valence-electron chi connectivity index (χ3n) is 3.58. The fourth-order valence-electron chi connectivity index (χ4n) is 2.16. The molecule has 0 saturated heterocycles. The number of nitrogens with zero attached hydrogens (tertiary/aromatic N) is 1. The predicted molar refractivity (Wildman–Crippen MR) is 91.9 cm³/mol.